The Balaban J connectivity index is 1.86. The van der Waals surface area contributed by atoms with Crippen LogP contribution in [0, 0.1) is 0 Å². The van der Waals surface area contributed by atoms with Crippen molar-refractivity contribution < 1.29 is 4.74 Å². The number of thioether (sulfide) groups is 1. The first kappa shape index (κ1) is 16.6. The minimum absolute atomic E-state index is 0.727. The van der Waals surface area contributed by atoms with Gasteiger partial charge in [0.1, 0.15) is 0 Å². The molecule has 1 heterocycles. The molecule has 1 saturated heterocycles. The van der Waals surface area contributed by atoms with E-state index in [-0.39, 0.29) is 0 Å². The quantitative estimate of drug-likeness (QED) is 0.832. The number of hydrogen-bond donors (Lipinski definition) is 1. The molecule has 0 aromatic carbocycles. The van der Waals surface area contributed by atoms with Gasteiger partial charge in [-0.25, -0.2) is 0 Å². The summed E-state index contributed by atoms with van der Waals surface area (Å²) >= 11 is 2.22. The third-order valence-corrected chi connectivity index (χ3v) is 6.21. The van der Waals surface area contributed by atoms with Crippen LogP contribution in [0.4, 0.5) is 0 Å². The summed E-state index contributed by atoms with van der Waals surface area (Å²) in [5, 5.41) is 5.36. The van der Waals surface area contributed by atoms with E-state index < -0.39 is 0 Å². The highest BCUT2D eigenvalue weighted by molar-refractivity contribution is 8.00. The van der Waals surface area contributed by atoms with Gasteiger partial charge in [-0.2, -0.15) is 0 Å². The number of nitrogens with one attached hydrogen (secondary N) is 1. The van der Waals surface area contributed by atoms with E-state index in [0.717, 1.165) is 36.3 Å². The molecule has 0 aromatic rings. The van der Waals surface area contributed by atoms with Gasteiger partial charge in [-0.15, -0.1) is 11.8 Å². The zero-order valence-electron chi connectivity index (χ0n) is 13.2. The van der Waals surface area contributed by atoms with Crippen LogP contribution in [0.5, 0.6) is 0 Å². The van der Waals surface area contributed by atoms with Gasteiger partial charge < -0.3 is 10.1 Å². The van der Waals surface area contributed by atoms with E-state index >= 15 is 0 Å². The first-order chi connectivity index (χ1) is 9.90. The Morgan fingerprint density at radius 3 is 2.05 bits per heavy atom. The predicted octanol–water partition coefficient (Wildman–Crippen LogP) is 4.38. The van der Waals surface area contributed by atoms with E-state index in [0.29, 0.717) is 0 Å². The summed E-state index contributed by atoms with van der Waals surface area (Å²) in [7, 11) is 0. The smallest absolute Gasteiger partial charge is 0.0608 e. The van der Waals surface area contributed by atoms with E-state index in [2.05, 4.69) is 24.0 Å². The lowest BCUT2D eigenvalue weighted by Crippen LogP contribution is -2.42. The third-order valence-electron chi connectivity index (χ3n) is 4.64. The van der Waals surface area contributed by atoms with Crippen molar-refractivity contribution in [2.24, 2.45) is 0 Å². The molecule has 1 N–H and O–H groups in total. The second-order valence-corrected chi connectivity index (χ2v) is 7.95. The van der Waals surface area contributed by atoms with E-state index in [9.17, 15) is 0 Å². The Morgan fingerprint density at radius 1 is 0.900 bits per heavy atom. The lowest BCUT2D eigenvalue weighted by molar-refractivity contribution is 0.0451. The average molecular weight is 300 g/mol. The topological polar surface area (TPSA) is 21.3 Å². The standard InChI is InChI=1S/C17H33NOS/c1-2-18-16-11-9-7-5-3-4-6-8-10-12-17(16)20-15-13-19-14-15/h15-18H,2-14H2,1H3. The molecule has 0 amide bonds. The van der Waals surface area contributed by atoms with Crippen LogP contribution in [0.25, 0.3) is 0 Å². The first-order valence-electron chi connectivity index (χ1n) is 8.86. The molecule has 1 aliphatic heterocycles. The lowest BCUT2D eigenvalue weighted by atomic mass is 9.97. The summed E-state index contributed by atoms with van der Waals surface area (Å²) in [6, 6.07) is 0.727. The van der Waals surface area contributed by atoms with Gasteiger partial charge in [-0.3, -0.25) is 0 Å². The second-order valence-electron chi connectivity index (χ2n) is 6.40. The highest BCUT2D eigenvalue weighted by atomic mass is 32.2. The Bertz CT molecular complexity index is 245. The van der Waals surface area contributed by atoms with Crippen molar-refractivity contribution in [3.8, 4) is 0 Å². The maximum Gasteiger partial charge on any atom is 0.0608 e. The average Bonchev–Trinajstić information content (AvgIpc) is 2.39. The fourth-order valence-corrected chi connectivity index (χ4v) is 4.92. The van der Waals surface area contributed by atoms with E-state index in [1.54, 1.807) is 0 Å². The molecule has 2 aliphatic rings. The van der Waals surface area contributed by atoms with Crippen LogP contribution in [0.2, 0.25) is 0 Å². The van der Waals surface area contributed by atoms with Crippen LogP contribution in [0.15, 0.2) is 0 Å². The molecule has 0 bridgehead atoms. The van der Waals surface area contributed by atoms with Gasteiger partial charge >= 0.3 is 0 Å². The minimum Gasteiger partial charge on any atom is -0.379 e. The van der Waals surface area contributed by atoms with E-state index in [4.69, 9.17) is 4.74 Å². The third kappa shape index (κ3) is 5.95. The summed E-state index contributed by atoms with van der Waals surface area (Å²) in [6.45, 7) is 5.34. The van der Waals surface area contributed by atoms with Crippen molar-refractivity contribution in [1.29, 1.82) is 0 Å². The van der Waals surface area contributed by atoms with Crippen LogP contribution in [-0.4, -0.2) is 36.3 Å². The van der Waals surface area contributed by atoms with Crippen LogP contribution >= 0.6 is 11.8 Å². The van der Waals surface area contributed by atoms with Gasteiger partial charge in [0.2, 0.25) is 0 Å². The maximum atomic E-state index is 5.37. The predicted molar refractivity (Wildman–Crippen MR) is 89.6 cm³/mol. The van der Waals surface area contributed by atoms with Gasteiger partial charge in [-0.1, -0.05) is 58.3 Å². The molecular weight excluding hydrogens is 266 g/mol. The molecule has 118 valence electrons. The van der Waals surface area contributed by atoms with Crippen molar-refractivity contribution in [1.82, 2.24) is 5.32 Å². The van der Waals surface area contributed by atoms with E-state index in [1.165, 1.54) is 64.2 Å². The molecule has 1 saturated carbocycles. The van der Waals surface area contributed by atoms with Gasteiger partial charge in [-0.05, 0) is 19.4 Å². The van der Waals surface area contributed by atoms with Crippen LogP contribution in [-0.2, 0) is 4.74 Å². The van der Waals surface area contributed by atoms with Crippen molar-refractivity contribution in [3.63, 3.8) is 0 Å². The van der Waals surface area contributed by atoms with Crippen molar-refractivity contribution in [2.75, 3.05) is 19.8 Å². The van der Waals surface area contributed by atoms with Gasteiger partial charge in [0.25, 0.3) is 0 Å². The molecule has 0 aromatic heterocycles. The molecule has 3 heteroatoms. The fourth-order valence-electron chi connectivity index (χ4n) is 3.36. The number of hydrogen-bond acceptors (Lipinski definition) is 3. The largest absolute Gasteiger partial charge is 0.379 e. The maximum absolute atomic E-state index is 5.37. The highest BCUT2D eigenvalue weighted by Gasteiger charge is 2.28. The SMILES string of the molecule is CCNC1CCCCCCCCCCC1SC1COC1. The molecule has 0 radical (unpaired) electrons. The summed E-state index contributed by atoms with van der Waals surface area (Å²) < 4.78 is 5.37. The Hall–Kier alpha value is 0.270. The van der Waals surface area contributed by atoms with Gasteiger partial charge in [0, 0.05) is 11.3 Å². The first-order valence-corrected chi connectivity index (χ1v) is 9.81. The molecule has 2 unspecified atom stereocenters. The zero-order valence-corrected chi connectivity index (χ0v) is 14.1. The monoisotopic (exact) mass is 299 g/mol. The molecule has 0 spiro atoms. The summed E-state index contributed by atoms with van der Waals surface area (Å²) in [6.07, 6.45) is 14.3. The molecule has 2 fully saturated rings. The Labute approximate surface area is 129 Å². The fraction of sp³-hybridized carbons (Fsp3) is 1.00. The normalized spacial score (nSPS) is 31.1. The van der Waals surface area contributed by atoms with Gasteiger partial charge in [0.15, 0.2) is 0 Å². The number of ether oxygens (including phenoxy) is 1. The zero-order chi connectivity index (χ0) is 14.0. The molecular formula is C17H33NOS. The van der Waals surface area contributed by atoms with E-state index in [1.807, 2.05) is 0 Å². The molecule has 1 aliphatic carbocycles. The van der Waals surface area contributed by atoms with Crippen molar-refractivity contribution >= 4 is 11.8 Å². The summed E-state index contributed by atoms with van der Waals surface area (Å²) in [4.78, 5) is 0. The van der Waals surface area contributed by atoms with Crippen molar-refractivity contribution in [2.45, 2.75) is 87.7 Å². The summed E-state index contributed by atoms with van der Waals surface area (Å²) in [5.41, 5.74) is 0. The molecule has 20 heavy (non-hydrogen) atoms. The highest BCUT2D eigenvalue weighted by Crippen LogP contribution is 2.31. The number of rotatable bonds is 4. The van der Waals surface area contributed by atoms with Gasteiger partial charge in [0.05, 0.1) is 18.5 Å². The molecule has 2 atom stereocenters. The molecule has 2 rings (SSSR count). The van der Waals surface area contributed by atoms with Crippen molar-refractivity contribution in [3.05, 3.63) is 0 Å². The Kier molecular flexibility index (Phi) is 8.38. The Morgan fingerprint density at radius 2 is 1.50 bits per heavy atom. The van der Waals surface area contributed by atoms with Crippen LogP contribution in [0.1, 0.15) is 71.1 Å². The molecule has 2 nitrogen and oxygen atoms in total. The van der Waals surface area contributed by atoms with Crippen LogP contribution in [0.3, 0.4) is 0 Å². The second kappa shape index (κ2) is 10.1. The van der Waals surface area contributed by atoms with Crippen LogP contribution < -0.4 is 5.32 Å². The lowest BCUT2D eigenvalue weighted by Gasteiger charge is -2.34. The minimum atomic E-state index is 0.727. The summed E-state index contributed by atoms with van der Waals surface area (Å²) in [5.74, 6) is 0.